The van der Waals surface area contributed by atoms with Gasteiger partial charge in [0.1, 0.15) is 5.82 Å². The van der Waals surface area contributed by atoms with Crippen LogP contribution in [0.25, 0.3) is 0 Å². The first-order valence-corrected chi connectivity index (χ1v) is 7.44. The maximum atomic E-state index is 12.3. The third-order valence-corrected chi connectivity index (χ3v) is 4.84. The molecule has 20 heavy (non-hydrogen) atoms. The van der Waals surface area contributed by atoms with Crippen LogP contribution in [-0.4, -0.2) is 25.9 Å². The molecule has 5 nitrogen and oxygen atoms in total. The van der Waals surface area contributed by atoms with Crippen molar-refractivity contribution in [3.8, 4) is 0 Å². The van der Waals surface area contributed by atoms with E-state index in [2.05, 4.69) is 21.6 Å². The van der Waals surface area contributed by atoms with Crippen molar-refractivity contribution in [1.29, 1.82) is 0 Å². The average Bonchev–Trinajstić information content (AvgIpc) is 2.67. The summed E-state index contributed by atoms with van der Waals surface area (Å²) in [4.78, 5) is 12.3. The highest BCUT2D eigenvalue weighted by Crippen LogP contribution is 2.30. The lowest BCUT2D eigenvalue weighted by Gasteiger charge is -2.11. The number of anilines is 1. The van der Waals surface area contributed by atoms with Gasteiger partial charge in [-0.2, -0.15) is 0 Å². The Kier molecular flexibility index (Phi) is 3.48. The number of carbonyl (C=O) groups excluding carboxylic acids is 1. The van der Waals surface area contributed by atoms with E-state index in [-0.39, 0.29) is 11.2 Å². The predicted molar refractivity (Wildman–Crippen MR) is 78.8 cm³/mol. The molecule has 104 valence electrons. The van der Waals surface area contributed by atoms with Crippen LogP contribution in [0.1, 0.15) is 17.8 Å². The molecular weight excluding hydrogens is 272 g/mol. The van der Waals surface area contributed by atoms with Crippen LogP contribution < -0.4 is 5.32 Å². The number of nitrogens with zero attached hydrogens (tertiary/aromatic N) is 3. The van der Waals surface area contributed by atoms with Gasteiger partial charge in [0.05, 0.1) is 5.25 Å². The summed E-state index contributed by atoms with van der Waals surface area (Å²) in [5.74, 6) is 0.894. The number of aryl methyl sites for hydroxylation is 2. The summed E-state index contributed by atoms with van der Waals surface area (Å²) in [5.41, 5.74) is 2.12. The van der Waals surface area contributed by atoms with E-state index in [0.717, 1.165) is 29.5 Å². The second kappa shape index (κ2) is 5.28. The van der Waals surface area contributed by atoms with Crippen molar-refractivity contribution in [2.75, 3.05) is 5.32 Å². The maximum absolute atomic E-state index is 12.3. The number of hydrogen-bond donors (Lipinski definition) is 1. The lowest BCUT2D eigenvalue weighted by Crippen LogP contribution is -2.24. The van der Waals surface area contributed by atoms with Crippen LogP contribution in [0, 0.1) is 6.92 Å². The van der Waals surface area contributed by atoms with Crippen LogP contribution in [-0.2, 0) is 18.3 Å². The fourth-order valence-corrected chi connectivity index (χ4v) is 3.26. The van der Waals surface area contributed by atoms with E-state index < -0.39 is 0 Å². The molecule has 1 amide bonds. The van der Waals surface area contributed by atoms with Gasteiger partial charge in [-0.3, -0.25) is 4.79 Å². The minimum Gasteiger partial charge on any atom is -0.325 e. The molecule has 1 aromatic carbocycles. The van der Waals surface area contributed by atoms with Gasteiger partial charge in [-0.15, -0.1) is 10.2 Å². The minimum atomic E-state index is -0.135. The fraction of sp³-hybridized carbons (Fsp3) is 0.357. The molecule has 0 spiro atoms. The summed E-state index contributed by atoms with van der Waals surface area (Å²) in [6, 6.07) is 7.96. The highest BCUT2D eigenvalue weighted by molar-refractivity contribution is 8.00. The molecule has 0 unspecified atom stereocenters. The van der Waals surface area contributed by atoms with Crippen LogP contribution >= 0.6 is 11.8 Å². The van der Waals surface area contributed by atoms with Crippen molar-refractivity contribution < 1.29 is 4.79 Å². The van der Waals surface area contributed by atoms with Crippen LogP contribution in [0.5, 0.6) is 0 Å². The molecule has 2 aromatic rings. The van der Waals surface area contributed by atoms with Gasteiger partial charge < -0.3 is 9.88 Å². The molecule has 1 aliphatic heterocycles. The lowest BCUT2D eigenvalue weighted by molar-refractivity contribution is -0.115. The molecule has 3 rings (SSSR count). The maximum Gasteiger partial charge on any atom is 0.237 e. The molecule has 0 bridgehead atoms. The Labute approximate surface area is 121 Å². The molecule has 0 aliphatic carbocycles. The van der Waals surface area contributed by atoms with Gasteiger partial charge in [-0.05, 0) is 31.4 Å². The van der Waals surface area contributed by atoms with Gasteiger partial charge in [0.2, 0.25) is 5.91 Å². The van der Waals surface area contributed by atoms with Gasteiger partial charge in [-0.25, -0.2) is 0 Å². The number of carbonyl (C=O) groups is 1. The monoisotopic (exact) mass is 288 g/mol. The lowest BCUT2D eigenvalue weighted by atomic mass is 10.1. The normalized spacial score (nSPS) is 18.3. The molecule has 0 saturated heterocycles. The van der Waals surface area contributed by atoms with Crippen molar-refractivity contribution in [3.63, 3.8) is 0 Å². The average molecular weight is 288 g/mol. The molecule has 1 N–H and O–H groups in total. The van der Waals surface area contributed by atoms with Crippen molar-refractivity contribution in [1.82, 2.24) is 14.8 Å². The van der Waals surface area contributed by atoms with E-state index in [4.69, 9.17) is 0 Å². The Morgan fingerprint density at radius 1 is 1.35 bits per heavy atom. The summed E-state index contributed by atoms with van der Waals surface area (Å²) in [5, 5.41) is 11.8. The first-order valence-electron chi connectivity index (χ1n) is 6.56. The van der Waals surface area contributed by atoms with E-state index in [1.165, 1.54) is 17.3 Å². The van der Waals surface area contributed by atoms with E-state index in [1.807, 2.05) is 36.7 Å². The highest BCUT2D eigenvalue weighted by atomic mass is 32.2. The third-order valence-electron chi connectivity index (χ3n) is 3.54. The Morgan fingerprint density at radius 3 is 2.90 bits per heavy atom. The van der Waals surface area contributed by atoms with Gasteiger partial charge in [-0.1, -0.05) is 30.0 Å². The van der Waals surface area contributed by atoms with Crippen LogP contribution in [0.15, 0.2) is 29.4 Å². The predicted octanol–water partition coefficient (Wildman–Crippen LogP) is 2.17. The first-order chi connectivity index (χ1) is 9.65. The molecular formula is C14H16N4OS. The molecule has 2 heterocycles. The van der Waals surface area contributed by atoms with Gasteiger partial charge in [0.25, 0.3) is 0 Å². The first kappa shape index (κ1) is 13.2. The summed E-state index contributed by atoms with van der Waals surface area (Å²) < 4.78 is 1.91. The number of nitrogens with one attached hydrogen (secondary N) is 1. The largest absolute Gasteiger partial charge is 0.325 e. The molecule has 1 aliphatic rings. The van der Waals surface area contributed by atoms with E-state index in [9.17, 15) is 4.79 Å². The number of hydrogen-bond acceptors (Lipinski definition) is 4. The summed E-state index contributed by atoms with van der Waals surface area (Å²) in [6.45, 7) is 1.90. The van der Waals surface area contributed by atoms with Gasteiger partial charge in [0, 0.05) is 12.7 Å². The number of thioether (sulfide) groups is 1. The Balaban J connectivity index is 1.80. The summed E-state index contributed by atoms with van der Waals surface area (Å²) >= 11 is 1.48. The van der Waals surface area contributed by atoms with Crippen molar-refractivity contribution in [3.05, 3.63) is 35.7 Å². The Hall–Kier alpha value is -1.82. The van der Waals surface area contributed by atoms with Gasteiger partial charge >= 0.3 is 0 Å². The van der Waals surface area contributed by atoms with E-state index in [0.29, 0.717) is 0 Å². The number of para-hydroxylation sites is 1. The molecule has 1 aromatic heterocycles. The zero-order chi connectivity index (χ0) is 14.1. The second-order valence-electron chi connectivity index (χ2n) is 4.88. The van der Waals surface area contributed by atoms with Crippen molar-refractivity contribution in [2.45, 2.75) is 30.2 Å². The molecule has 0 radical (unpaired) electrons. The van der Waals surface area contributed by atoms with Crippen molar-refractivity contribution in [2.24, 2.45) is 7.05 Å². The van der Waals surface area contributed by atoms with E-state index in [1.54, 1.807) is 0 Å². The number of rotatable bonds is 2. The zero-order valence-corrected chi connectivity index (χ0v) is 12.3. The summed E-state index contributed by atoms with van der Waals surface area (Å²) in [6.07, 6.45) is 1.70. The number of amides is 1. The Morgan fingerprint density at radius 2 is 2.15 bits per heavy atom. The zero-order valence-electron chi connectivity index (χ0n) is 11.5. The third kappa shape index (κ3) is 2.43. The minimum absolute atomic E-state index is 0.0422. The molecule has 0 saturated carbocycles. The SMILES string of the molecule is Cc1nnc(S[C@@H]2CCc3ccccc3NC2=O)n1C. The molecule has 1 atom stereocenters. The number of fused-ring (bicyclic) bond motifs is 1. The molecule has 6 heteroatoms. The number of benzene rings is 1. The van der Waals surface area contributed by atoms with Gasteiger partial charge in [0.15, 0.2) is 5.16 Å². The topological polar surface area (TPSA) is 59.8 Å². The highest BCUT2D eigenvalue weighted by Gasteiger charge is 2.26. The van der Waals surface area contributed by atoms with Crippen LogP contribution in [0.2, 0.25) is 0 Å². The molecule has 0 fully saturated rings. The van der Waals surface area contributed by atoms with Crippen molar-refractivity contribution >= 4 is 23.4 Å². The smallest absolute Gasteiger partial charge is 0.237 e. The fourth-order valence-electron chi connectivity index (χ4n) is 2.22. The quantitative estimate of drug-likeness (QED) is 0.920. The number of aromatic nitrogens is 3. The Bertz CT molecular complexity index is 652. The standard InChI is InChI=1S/C14H16N4OS/c1-9-16-17-14(18(9)2)20-12-8-7-10-5-3-4-6-11(10)15-13(12)19/h3-6,12H,7-8H2,1-2H3,(H,15,19)/t12-/m1/s1. The van der Waals surface area contributed by atoms with Crippen LogP contribution in [0.4, 0.5) is 5.69 Å². The summed E-state index contributed by atoms with van der Waals surface area (Å²) in [7, 11) is 1.92. The second-order valence-corrected chi connectivity index (χ2v) is 6.05. The van der Waals surface area contributed by atoms with Crippen LogP contribution in [0.3, 0.4) is 0 Å². The van der Waals surface area contributed by atoms with E-state index >= 15 is 0 Å².